The van der Waals surface area contributed by atoms with Crippen LogP contribution < -0.4 is 10.5 Å². The molecule has 0 bridgehead atoms. The molecule has 0 fully saturated rings. The molecule has 0 heterocycles. The first-order valence-corrected chi connectivity index (χ1v) is 6.81. The van der Waals surface area contributed by atoms with E-state index in [9.17, 15) is 4.39 Å². The van der Waals surface area contributed by atoms with Crippen LogP contribution >= 0.6 is 11.6 Å². The molecule has 4 heteroatoms. The average Bonchev–Trinajstić information content (AvgIpc) is 2.41. The van der Waals surface area contributed by atoms with Crippen LogP contribution in [0.3, 0.4) is 0 Å². The van der Waals surface area contributed by atoms with Crippen molar-refractivity contribution in [3.63, 3.8) is 0 Å². The zero-order chi connectivity index (χ0) is 14.5. The summed E-state index contributed by atoms with van der Waals surface area (Å²) >= 11 is 5.88. The van der Waals surface area contributed by atoms with Crippen molar-refractivity contribution in [2.75, 3.05) is 6.61 Å². The third-order valence-corrected chi connectivity index (χ3v) is 3.29. The summed E-state index contributed by atoms with van der Waals surface area (Å²) < 4.78 is 18.8. The number of aryl methyl sites for hydroxylation is 1. The average molecular weight is 294 g/mol. The lowest BCUT2D eigenvalue weighted by Crippen LogP contribution is -2.30. The molecule has 2 aromatic carbocycles. The van der Waals surface area contributed by atoms with Crippen molar-refractivity contribution in [2.45, 2.75) is 19.4 Å². The van der Waals surface area contributed by atoms with Gasteiger partial charge in [-0.2, -0.15) is 0 Å². The summed E-state index contributed by atoms with van der Waals surface area (Å²) in [4.78, 5) is 0. The van der Waals surface area contributed by atoms with Crippen molar-refractivity contribution in [1.29, 1.82) is 0 Å². The van der Waals surface area contributed by atoms with Crippen LogP contribution in [0.2, 0.25) is 5.02 Å². The van der Waals surface area contributed by atoms with E-state index >= 15 is 0 Å². The Kier molecular flexibility index (Phi) is 4.99. The van der Waals surface area contributed by atoms with Crippen molar-refractivity contribution < 1.29 is 9.13 Å². The van der Waals surface area contributed by atoms with Crippen LogP contribution in [0.4, 0.5) is 4.39 Å². The second kappa shape index (κ2) is 6.73. The van der Waals surface area contributed by atoms with Crippen LogP contribution in [0.5, 0.6) is 5.75 Å². The van der Waals surface area contributed by atoms with Gasteiger partial charge in [-0.3, -0.25) is 0 Å². The molecule has 0 saturated heterocycles. The lowest BCUT2D eigenvalue weighted by atomic mass is 10.0. The van der Waals surface area contributed by atoms with Crippen LogP contribution in [-0.2, 0) is 6.42 Å². The Bertz CT molecular complexity index is 588. The largest absolute Gasteiger partial charge is 0.492 e. The normalized spacial score (nSPS) is 12.2. The zero-order valence-electron chi connectivity index (χ0n) is 11.3. The molecule has 20 heavy (non-hydrogen) atoms. The number of nitrogens with two attached hydrogens (primary N) is 1. The summed E-state index contributed by atoms with van der Waals surface area (Å²) in [6, 6.07) is 11.7. The van der Waals surface area contributed by atoms with Crippen molar-refractivity contribution in [2.24, 2.45) is 5.73 Å². The molecule has 2 rings (SSSR count). The Labute approximate surface area is 123 Å². The van der Waals surface area contributed by atoms with Crippen molar-refractivity contribution in [3.05, 3.63) is 64.4 Å². The number of benzene rings is 2. The van der Waals surface area contributed by atoms with Gasteiger partial charge in [0.1, 0.15) is 18.2 Å². The number of rotatable bonds is 5. The third-order valence-electron chi connectivity index (χ3n) is 3.05. The van der Waals surface area contributed by atoms with Gasteiger partial charge < -0.3 is 10.5 Å². The van der Waals surface area contributed by atoms with Gasteiger partial charge in [-0.25, -0.2) is 4.39 Å². The summed E-state index contributed by atoms with van der Waals surface area (Å²) in [5.74, 6) is 0.442. The van der Waals surface area contributed by atoms with E-state index in [1.54, 1.807) is 18.2 Å². The first-order valence-electron chi connectivity index (χ1n) is 6.43. The standard InChI is InChI=1S/C16H17ClFNO/c1-11-5-6-14(18)7-12(11)8-15(19)10-20-16-4-2-3-13(17)9-16/h2-7,9,15H,8,10,19H2,1H3. The van der Waals surface area contributed by atoms with E-state index in [2.05, 4.69) is 0 Å². The third kappa shape index (κ3) is 4.22. The van der Waals surface area contributed by atoms with Gasteiger partial charge in [-0.15, -0.1) is 0 Å². The highest BCUT2D eigenvalue weighted by molar-refractivity contribution is 6.30. The molecule has 1 unspecified atom stereocenters. The van der Waals surface area contributed by atoms with E-state index in [1.165, 1.54) is 12.1 Å². The Balaban J connectivity index is 1.92. The molecule has 0 aliphatic heterocycles. The fourth-order valence-corrected chi connectivity index (χ4v) is 2.14. The van der Waals surface area contributed by atoms with Crippen LogP contribution in [0, 0.1) is 12.7 Å². The Morgan fingerprint density at radius 1 is 1.25 bits per heavy atom. The molecule has 0 aliphatic carbocycles. The van der Waals surface area contributed by atoms with Crippen molar-refractivity contribution in [1.82, 2.24) is 0 Å². The Morgan fingerprint density at radius 3 is 2.80 bits per heavy atom. The molecule has 2 aromatic rings. The molecule has 0 aromatic heterocycles. The van der Waals surface area contributed by atoms with Crippen molar-refractivity contribution >= 4 is 11.6 Å². The Hall–Kier alpha value is -1.58. The van der Waals surface area contributed by atoms with E-state index in [1.807, 2.05) is 19.1 Å². The molecule has 0 aliphatic rings. The summed E-state index contributed by atoms with van der Waals surface area (Å²) in [6.07, 6.45) is 0.574. The van der Waals surface area contributed by atoms with Gasteiger partial charge in [0.25, 0.3) is 0 Å². The summed E-state index contributed by atoms with van der Waals surface area (Å²) in [5.41, 5.74) is 7.97. The van der Waals surface area contributed by atoms with E-state index in [-0.39, 0.29) is 11.9 Å². The van der Waals surface area contributed by atoms with Gasteiger partial charge in [-0.05, 0) is 54.8 Å². The summed E-state index contributed by atoms with van der Waals surface area (Å²) in [5, 5.41) is 0.622. The van der Waals surface area contributed by atoms with E-state index in [0.29, 0.717) is 23.8 Å². The summed E-state index contributed by atoms with van der Waals surface area (Å²) in [7, 11) is 0. The van der Waals surface area contributed by atoms with Crippen LogP contribution in [0.1, 0.15) is 11.1 Å². The first-order chi connectivity index (χ1) is 9.54. The van der Waals surface area contributed by atoms with Gasteiger partial charge in [0.15, 0.2) is 0 Å². The van der Waals surface area contributed by atoms with Gasteiger partial charge in [0.2, 0.25) is 0 Å². The molecule has 0 spiro atoms. The smallest absolute Gasteiger partial charge is 0.123 e. The maximum absolute atomic E-state index is 13.2. The van der Waals surface area contributed by atoms with Crippen LogP contribution in [0.15, 0.2) is 42.5 Å². The number of hydrogen-bond acceptors (Lipinski definition) is 2. The van der Waals surface area contributed by atoms with Gasteiger partial charge in [0, 0.05) is 11.1 Å². The molecular formula is C16H17ClFNO. The molecule has 2 N–H and O–H groups in total. The second-order valence-corrected chi connectivity index (χ2v) is 5.24. The topological polar surface area (TPSA) is 35.2 Å². The molecule has 2 nitrogen and oxygen atoms in total. The highest BCUT2D eigenvalue weighted by atomic mass is 35.5. The van der Waals surface area contributed by atoms with E-state index in [0.717, 1.165) is 11.1 Å². The highest BCUT2D eigenvalue weighted by Gasteiger charge is 2.08. The maximum atomic E-state index is 13.2. The Morgan fingerprint density at radius 2 is 2.05 bits per heavy atom. The predicted octanol–water partition coefficient (Wildman–Crippen LogP) is 3.74. The molecular weight excluding hydrogens is 277 g/mol. The quantitative estimate of drug-likeness (QED) is 0.911. The minimum Gasteiger partial charge on any atom is -0.492 e. The van der Waals surface area contributed by atoms with Crippen LogP contribution in [-0.4, -0.2) is 12.6 Å². The first kappa shape index (κ1) is 14.8. The number of ether oxygens (including phenoxy) is 1. The highest BCUT2D eigenvalue weighted by Crippen LogP contribution is 2.18. The fourth-order valence-electron chi connectivity index (χ4n) is 1.96. The van der Waals surface area contributed by atoms with Gasteiger partial charge in [-0.1, -0.05) is 23.7 Å². The molecule has 106 valence electrons. The summed E-state index contributed by atoms with van der Waals surface area (Å²) in [6.45, 7) is 2.30. The fraction of sp³-hybridized carbons (Fsp3) is 0.250. The monoisotopic (exact) mass is 293 g/mol. The SMILES string of the molecule is Cc1ccc(F)cc1CC(N)COc1cccc(Cl)c1. The van der Waals surface area contributed by atoms with Gasteiger partial charge >= 0.3 is 0 Å². The zero-order valence-corrected chi connectivity index (χ0v) is 12.0. The second-order valence-electron chi connectivity index (χ2n) is 4.80. The molecule has 0 radical (unpaired) electrons. The van der Waals surface area contributed by atoms with E-state index < -0.39 is 0 Å². The lowest BCUT2D eigenvalue weighted by Gasteiger charge is -2.15. The van der Waals surface area contributed by atoms with Gasteiger partial charge in [0.05, 0.1) is 0 Å². The maximum Gasteiger partial charge on any atom is 0.123 e. The predicted molar refractivity (Wildman–Crippen MR) is 79.8 cm³/mol. The minimum atomic E-state index is -0.242. The molecule has 1 atom stereocenters. The minimum absolute atomic E-state index is 0.200. The molecule has 0 saturated carbocycles. The lowest BCUT2D eigenvalue weighted by molar-refractivity contribution is 0.287. The molecule has 0 amide bonds. The van der Waals surface area contributed by atoms with E-state index in [4.69, 9.17) is 22.1 Å². The number of hydrogen-bond donors (Lipinski definition) is 1. The number of halogens is 2. The van der Waals surface area contributed by atoms with Crippen LogP contribution in [0.25, 0.3) is 0 Å². The van der Waals surface area contributed by atoms with Crippen molar-refractivity contribution in [3.8, 4) is 5.75 Å².